The van der Waals surface area contributed by atoms with E-state index in [9.17, 15) is 26.4 Å². The fourth-order valence-corrected chi connectivity index (χ4v) is 5.15. The molecular formula is C21H23F3N2O3S. The number of piperidine rings is 1. The number of nitrogens with zero attached hydrogens (tertiary/aromatic N) is 2. The third-order valence-electron chi connectivity index (χ3n) is 5.60. The Bertz CT molecular complexity index is 1020. The van der Waals surface area contributed by atoms with Gasteiger partial charge in [0.15, 0.2) is 0 Å². The first-order valence-electron chi connectivity index (χ1n) is 9.58. The van der Waals surface area contributed by atoms with Gasteiger partial charge in [-0.15, -0.1) is 0 Å². The molecular weight excluding hydrogens is 417 g/mol. The lowest BCUT2D eigenvalue weighted by Crippen LogP contribution is -2.44. The fraction of sp³-hybridized carbons (Fsp3) is 0.381. The van der Waals surface area contributed by atoms with E-state index in [-0.39, 0.29) is 49.6 Å². The highest BCUT2D eigenvalue weighted by Gasteiger charge is 2.35. The summed E-state index contributed by atoms with van der Waals surface area (Å²) in [7, 11) is -2.54. The SMILES string of the molecule is CC(c1ccc(F)cc1)N(C)C(=O)C1CCN(S(=O)(=O)c2cc(F)ccc2F)CC1. The van der Waals surface area contributed by atoms with Gasteiger partial charge in [-0.25, -0.2) is 21.6 Å². The van der Waals surface area contributed by atoms with Crippen LogP contribution in [0.3, 0.4) is 0 Å². The summed E-state index contributed by atoms with van der Waals surface area (Å²) in [5, 5.41) is 0. The van der Waals surface area contributed by atoms with Gasteiger partial charge >= 0.3 is 0 Å². The molecule has 1 aliphatic heterocycles. The van der Waals surface area contributed by atoms with Crippen molar-refractivity contribution in [3.8, 4) is 0 Å². The molecule has 2 aromatic rings. The molecule has 0 radical (unpaired) electrons. The molecule has 1 fully saturated rings. The summed E-state index contributed by atoms with van der Waals surface area (Å²) >= 11 is 0. The van der Waals surface area contributed by atoms with Gasteiger partial charge in [-0.3, -0.25) is 4.79 Å². The predicted octanol–water partition coefficient (Wildman–Crippen LogP) is 3.72. The Labute approximate surface area is 174 Å². The monoisotopic (exact) mass is 440 g/mol. The second-order valence-corrected chi connectivity index (χ2v) is 9.34. The van der Waals surface area contributed by atoms with Crippen molar-refractivity contribution in [2.75, 3.05) is 20.1 Å². The molecule has 0 aromatic heterocycles. The summed E-state index contributed by atoms with van der Waals surface area (Å²) in [4.78, 5) is 13.7. The number of hydrogen-bond acceptors (Lipinski definition) is 3. The standard InChI is InChI=1S/C21H23F3N2O3S/c1-14(15-3-5-17(22)6-4-15)25(2)21(27)16-9-11-26(12-10-16)30(28,29)20-13-18(23)7-8-19(20)24/h3-8,13-14,16H,9-12H2,1-2H3. The average molecular weight is 440 g/mol. The minimum Gasteiger partial charge on any atom is -0.339 e. The first kappa shape index (κ1) is 22.3. The molecule has 0 aliphatic carbocycles. The summed E-state index contributed by atoms with van der Waals surface area (Å²) in [6, 6.07) is 7.93. The maximum Gasteiger partial charge on any atom is 0.246 e. The zero-order chi connectivity index (χ0) is 22.1. The van der Waals surface area contributed by atoms with Crippen LogP contribution < -0.4 is 0 Å². The number of rotatable bonds is 5. The quantitative estimate of drug-likeness (QED) is 0.712. The summed E-state index contributed by atoms with van der Waals surface area (Å²) in [5.41, 5.74) is 0.786. The first-order valence-corrected chi connectivity index (χ1v) is 11.0. The van der Waals surface area contributed by atoms with Crippen molar-refractivity contribution < 1.29 is 26.4 Å². The molecule has 5 nitrogen and oxygen atoms in total. The zero-order valence-electron chi connectivity index (χ0n) is 16.7. The topological polar surface area (TPSA) is 57.7 Å². The van der Waals surface area contributed by atoms with E-state index in [0.29, 0.717) is 6.07 Å². The number of sulfonamides is 1. The van der Waals surface area contributed by atoms with Gasteiger partial charge in [-0.05, 0) is 55.7 Å². The third kappa shape index (κ3) is 4.52. The number of benzene rings is 2. The van der Waals surface area contributed by atoms with E-state index < -0.39 is 26.6 Å². The van der Waals surface area contributed by atoms with Crippen LogP contribution in [0.1, 0.15) is 31.4 Å². The lowest BCUT2D eigenvalue weighted by molar-refractivity contribution is -0.137. The number of hydrogen-bond donors (Lipinski definition) is 0. The smallest absolute Gasteiger partial charge is 0.246 e. The van der Waals surface area contributed by atoms with E-state index in [2.05, 4.69) is 0 Å². The normalized spacial score (nSPS) is 17.0. The molecule has 162 valence electrons. The average Bonchev–Trinajstić information content (AvgIpc) is 2.74. The molecule has 2 aromatic carbocycles. The molecule has 1 amide bonds. The minimum atomic E-state index is -4.19. The maximum absolute atomic E-state index is 13.9. The van der Waals surface area contributed by atoms with Crippen molar-refractivity contribution in [3.05, 3.63) is 65.5 Å². The number of halogens is 3. The third-order valence-corrected chi connectivity index (χ3v) is 7.51. The van der Waals surface area contributed by atoms with Crippen molar-refractivity contribution in [2.24, 2.45) is 5.92 Å². The van der Waals surface area contributed by atoms with E-state index in [1.807, 2.05) is 6.92 Å². The zero-order valence-corrected chi connectivity index (χ0v) is 17.5. The molecule has 1 heterocycles. The number of amides is 1. The minimum absolute atomic E-state index is 0.0352. The van der Waals surface area contributed by atoms with E-state index in [1.54, 1.807) is 24.1 Å². The molecule has 9 heteroatoms. The molecule has 0 spiro atoms. The molecule has 3 rings (SSSR count). The van der Waals surface area contributed by atoms with Crippen LogP contribution in [0.15, 0.2) is 47.4 Å². The summed E-state index contributed by atoms with van der Waals surface area (Å²) in [5.74, 6) is -2.73. The van der Waals surface area contributed by atoms with E-state index in [1.165, 1.54) is 12.1 Å². The van der Waals surface area contributed by atoms with Crippen LogP contribution in [0.25, 0.3) is 0 Å². The van der Waals surface area contributed by atoms with Crippen molar-refractivity contribution in [3.63, 3.8) is 0 Å². The Hall–Kier alpha value is -2.39. The van der Waals surface area contributed by atoms with Crippen molar-refractivity contribution in [1.82, 2.24) is 9.21 Å². The summed E-state index contributed by atoms with van der Waals surface area (Å²) in [6.45, 7) is 1.90. The van der Waals surface area contributed by atoms with Gasteiger partial charge in [-0.1, -0.05) is 12.1 Å². The van der Waals surface area contributed by atoms with Gasteiger partial charge in [-0.2, -0.15) is 4.31 Å². The lowest BCUT2D eigenvalue weighted by atomic mass is 9.95. The molecule has 0 bridgehead atoms. The van der Waals surface area contributed by atoms with Crippen LogP contribution in [0.2, 0.25) is 0 Å². The van der Waals surface area contributed by atoms with E-state index in [0.717, 1.165) is 22.0 Å². The molecule has 1 unspecified atom stereocenters. The highest BCUT2D eigenvalue weighted by Crippen LogP contribution is 2.29. The van der Waals surface area contributed by atoms with Crippen LogP contribution >= 0.6 is 0 Å². The molecule has 0 saturated carbocycles. The van der Waals surface area contributed by atoms with Crippen molar-refractivity contribution in [2.45, 2.75) is 30.7 Å². The van der Waals surface area contributed by atoms with E-state index >= 15 is 0 Å². The molecule has 1 atom stereocenters. The Morgan fingerprint density at radius 3 is 2.20 bits per heavy atom. The summed E-state index contributed by atoms with van der Waals surface area (Å²) < 4.78 is 66.9. The maximum atomic E-state index is 13.9. The second-order valence-electron chi connectivity index (χ2n) is 7.43. The Kier molecular flexibility index (Phi) is 6.52. The molecule has 30 heavy (non-hydrogen) atoms. The van der Waals surface area contributed by atoms with Gasteiger partial charge in [0, 0.05) is 26.1 Å². The van der Waals surface area contributed by atoms with Gasteiger partial charge in [0.05, 0.1) is 6.04 Å². The van der Waals surface area contributed by atoms with Gasteiger partial charge in [0.2, 0.25) is 15.9 Å². The Morgan fingerprint density at radius 1 is 1.03 bits per heavy atom. The number of carbonyl (C=O) groups is 1. The lowest BCUT2D eigenvalue weighted by Gasteiger charge is -2.34. The predicted molar refractivity (Wildman–Crippen MR) is 105 cm³/mol. The fourth-order valence-electron chi connectivity index (χ4n) is 3.60. The Morgan fingerprint density at radius 2 is 1.60 bits per heavy atom. The molecule has 0 N–H and O–H groups in total. The molecule has 1 aliphatic rings. The van der Waals surface area contributed by atoms with Gasteiger partial charge in [0.25, 0.3) is 0 Å². The van der Waals surface area contributed by atoms with Crippen LogP contribution in [0.5, 0.6) is 0 Å². The van der Waals surface area contributed by atoms with Gasteiger partial charge < -0.3 is 4.90 Å². The second kappa shape index (κ2) is 8.77. The largest absolute Gasteiger partial charge is 0.339 e. The number of carbonyl (C=O) groups excluding carboxylic acids is 1. The summed E-state index contributed by atoms with van der Waals surface area (Å²) in [6.07, 6.45) is 0.547. The van der Waals surface area contributed by atoms with Gasteiger partial charge in [0.1, 0.15) is 22.3 Å². The Balaban J connectivity index is 1.66. The first-order chi connectivity index (χ1) is 14.1. The van der Waals surface area contributed by atoms with Crippen LogP contribution in [-0.2, 0) is 14.8 Å². The highest BCUT2D eigenvalue weighted by molar-refractivity contribution is 7.89. The van der Waals surface area contributed by atoms with Crippen LogP contribution in [0, 0.1) is 23.4 Å². The molecule has 1 saturated heterocycles. The van der Waals surface area contributed by atoms with Crippen LogP contribution in [-0.4, -0.2) is 43.7 Å². The van der Waals surface area contributed by atoms with E-state index in [4.69, 9.17) is 0 Å². The van der Waals surface area contributed by atoms with Crippen LogP contribution in [0.4, 0.5) is 13.2 Å². The highest BCUT2D eigenvalue weighted by atomic mass is 32.2. The van der Waals surface area contributed by atoms with Crippen molar-refractivity contribution >= 4 is 15.9 Å². The van der Waals surface area contributed by atoms with Crippen molar-refractivity contribution in [1.29, 1.82) is 0 Å².